The molecule has 0 unspecified atom stereocenters. The molecule has 1 aliphatic carbocycles. The molecule has 2 aliphatic rings. The Morgan fingerprint density at radius 1 is 1.32 bits per heavy atom. The van der Waals surface area contributed by atoms with E-state index in [-0.39, 0.29) is 16.3 Å². The van der Waals surface area contributed by atoms with Gasteiger partial charge >= 0.3 is 0 Å². The zero-order valence-electron chi connectivity index (χ0n) is 10.9. The third-order valence-corrected chi connectivity index (χ3v) is 4.57. The first-order valence-corrected chi connectivity index (χ1v) is 7.35. The van der Waals surface area contributed by atoms with Gasteiger partial charge in [0.05, 0.1) is 5.02 Å². The van der Waals surface area contributed by atoms with Crippen LogP contribution in [-0.4, -0.2) is 25.8 Å². The first-order chi connectivity index (χ1) is 9.21. The quantitative estimate of drug-likeness (QED) is 0.916. The number of hydrogen-bond acceptors (Lipinski definition) is 2. The first-order valence-electron chi connectivity index (χ1n) is 6.97. The SMILES string of the molecule is Fc1c(Cl)cccc1C1(CNC2CC2)CCOCC1. The van der Waals surface area contributed by atoms with Crippen molar-refractivity contribution in [2.75, 3.05) is 19.8 Å². The zero-order valence-corrected chi connectivity index (χ0v) is 11.7. The highest BCUT2D eigenvalue weighted by atomic mass is 35.5. The Morgan fingerprint density at radius 3 is 2.74 bits per heavy atom. The maximum atomic E-state index is 14.4. The van der Waals surface area contributed by atoms with Gasteiger partial charge in [0, 0.05) is 31.2 Å². The molecule has 1 aliphatic heterocycles. The molecule has 19 heavy (non-hydrogen) atoms. The van der Waals surface area contributed by atoms with E-state index in [1.165, 1.54) is 12.8 Å². The van der Waals surface area contributed by atoms with E-state index in [2.05, 4.69) is 5.32 Å². The maximum absolute atomic E-state index is 14.4. The number of hydrogen-bond donors (Lipinski definition) is 1. The zero-order chi connectivity index (χ0) is 13.3. The molecular formula is C15H19ClFNO. The van der Waals surface area contributed by atoms with Crippen molar-refractivity contribution in [1.82, 2.24) is 5.32 Å². The van der Waals surface area contributed by atoms with Gasteiger partial charge in [-0.05, 0) is 37.3 Å². The van der Waals surface area contributed by atoms with Crippen molar-refractivity contribution in [3.05, 3.63) is 34.6 Å². The second-order valence-electron chi connectivity index (χ2n) is 5.65. The summed E-state index contributed by atoms with van der Waals surface area (Å²) < 4.78 is 19.8. The van der Waals surface area contributed by atoms with Crippen LogP contribution in [0.2, 0.25) is 5.02 Å². The fourth-order valence-corrected chi connectivity index (χ4v) is 3.02. The predicted octanol–water partition coefficient (Wildman–Crippen LogP) is 3.28. The normalized spacial score (nSPS) is 22.4. The summed E-state index contributed by atoms with van der Waals surface area (Å²) in [6, 6.07) is 5.96. The van der Waals surface area contributed by atoms with Crippen molar-refractivity contribution >= 4 is 11.6 Å². The minimum Gasteiger partial charge on any atom is -0.381 e. The van der Waals surface area contributed by atoms with E-state index < -0.39 is 0 Å². The highest BCUT2D eigenvalue weighted by Crippen LogP contribution is 2.38. The third kappa shape index (κ3) is 2.78. The summed E-state index contributed by atoms with van der Waals surface area (Å²) in [7, 11) is 0. The summed E-state index contributed by atoms with van der Waals surface area (Å²) in [6.07, 6.45) is 4.18. The van der Waals surface area contributed by atoms with Crippen molar-refractivity contribution in [2.24, 2.45) is 0 Å². The molecule has 1 saturated heterocycles. The van der Waals surface area contributed by atoms with Crippen LogP contribution < -0.4 is 5.32 Å². The van der Waals surface area contributed by atoms with E-state index in [9.17, 15) is 4.39 Å². The summed E-state index contributed by atoms with van der Waals surface area (Å²) in [5.41, 5.74) is 0.576. The van der Waals surface area contributed by atoms with E-state index in [0.29, 0.717) is 19.3 Å². The van der Waals surface area contributed by atoms with Gasteiger partial charge in [-0.3, -0.25) is 0 Å². The molecule has 0 amide bonds. The average molecular weight is 284 g/mol. The van der Waals surface area contributed by atoms with E-state index in [1.54, 1.807) is 6.07 Å². The molecular weight excluding hydrogens is 265 g/mol. The largest absolute Gasteiger partial charge is 0.381 e. The molecule has 1 aromatic carbocycles. The van der Waals surface area contributed by atoms with Gasteiger partial charge in [-0.1, -0.05) is 23.7 Å². The lowest BCUT2D eigenvalue weighted by Crippen LogP contribution is -2.44. The fraction of sp³-hybridized carbons (Fsp3) is 0.600. The van der Waals surface area contributed by atoms with Crippen molar-refractivity contribution in [1.29, 1.82) is 0 Å². The molecule has 1 heterocycles. The van der Waals surface area contributed by atoms with Crippen molar-refractivity contribution in [3.8, 4) is 0 Å². The van der Waals surface area contributed by atoms with E-state index in [1.807, 2.05) is 12.1 Å². The number of benzene rings is 1. The van der Waals surface area contributed by atoms with Crippen LogP contribution >= 0.6 is 11.6 Å². The summed E-state index contributed by atoms with van der Waals surface area (Å²) in [4.78, 5) is 0. The Kier molecular flexibility index (Phi) is 3.79. The number of rotatable bonds is 4. The molecule has 0 bridgehead atoms. The number of nitrogens with one attached hydrogen (secondary N) is 1. The lowest BCUT2D eigenvalue weighted by Gasteiger charge is -2.38. The van der Waals surface area contributed by atoms with Gasteiger partial charge in [0.25, 0.3) is 0 Å². The summed E-state index contributed by atoms with van der Waals surface area (Å²) in [6.45, 7) is 2.20. The van der Waals surface area contributed by atoms with Crippen LogP contribution in [0.1, 0.15) is 31.2 Å². The Hall–Kier alpha value is -0.640. The number of halogens is 2. The smallest absolute Gasteiger partial charge is 0.145 e. The van der Waals surface area contributed by atoms with Crippen LogP contribution in [0.25, 0.3) is 0 Å². The van der Waals surface area contributed by atoms with Crippen LogP contribution in [0.4, 0.5) is 4.39 Å². The molecule has 3 rings (SSSR count). The Bertz CT molecular complexity index is 455. The van der Waals surface area contributed by atoms with E-state index in [4.69, 9.17) is 16.3 Å². The highest BCUT2D eigenvalue weighted by Gasteiger charge is 2.38. The van der Waals surface area contributed by atoms with Gasteiger partial charge in [-0.2, -0.15) is 0 Å². The predicted molar refractivity (Wildman–Crippen MR) is 74.2 cm³/mol. The molecule has 104 valence electrons. The van der Waals surface area contributed by atoms with Gasteiger partial charge in [-0.25, -0.2) is 4.39 Å². The van der Waals surface area contributed by atoms with Crippen LogP contribution in [0.15, 0.2) is 18.2 Å². The molecule has 0 radical (unpaired) electrons. The lowest BCUT2D eigenvalue weighted by atomic mass is 9.73. The molecule has 4 heteroatoms. The summed E-state index contributed by atoms with van der Waals surface area (Å²) >= 11 is 5.94. The van der Waals surface area contributed by atoms with Crippen molar-refractivity contribution in [3.63, 3.8) is 0 Å². The molecule has 2 fully saturated rings. The topological polar surface area (TPSA) is 21.3 Å². The average Bonchev–Trinajstić information content (AvgIpc) is 3.25. The minimum absolute atomic E-state index is 0.171. The maximum Gasteiger partial charge on any atom is 0.145 e. The Labute approximate surface area is 118 Å². The van der Waals surface area contributed by atoms with Gasteiger partial charge in [0.2, 0.25) is 0 Å². The third-order valence-electron chi connectivity index (χ3n) is 4.28. The second kappa shape index (κ2) is 5.39. The van der Waals surface area contributed by atoms with Gasteiger partial charge in [0.15, 0.2) is 0 Å². The van der Waals surface area contributed by atoms with Crippen LogP contribution in [0.3, 0.4) is 0 Å². The van der Waals surface area contributed by atoms with Crippen molar-refractivity contribution < 1.29 is 9.13 Å². The van der Waals surface area contributed by atoms with Gasteiger partial charge in [0.1, 0.15) is 5.82 Å². The van der Waals surface area contributed by atoms with Crippen molar-refractivity contribution in [2.45, 2.75) is 37.1 Å². The molecule has 0 aromatic heterocycles. The van der Waals surface area contributed by atoms with E-state index >= 15 is 0 Å². The van der Waals surface area contributed by atoms with Crippen LogP contribution in [-0.2, 0) is 10.2 Å². The Morgan fingerprint density at radius 2 is 2.05 bits per heavy atom. The molecule has 1 N–H and O–H groups in total. The molecule has 2 nitrogen and oxygen atoms in total. The van der Waals surface area contributed by atoms with Gasteiger partial charge < -0.3 is 10.1 Å². The summed E-state index contributed by atoms with van der Waals surface area (Å²) in [5.74, 6) is -0.260. The van der Waals surface area contributed by atoms with Crippen LogP contribution in [0, 0.1) is 5.82 Å². The molecule has 1 saturated carbocycles. The first kappa shape index (κ1) is 13.3. The van der Waals surface area contributed by atoms with Crippen LogP contribution in [0.5, 0.6) is 0 Å². The monoisotopic (exact) mass is 283 g/mol. The van der Waals surface area contributed by atoms with E-state index in [0.717, 1.165) is 24.9 Å². The fourth-order valence-electron chi connectivity index (χ4n) is 2.84. The minimum atomic E-state index is -0.260. The van der Waals surface area contributed by atoms with Gasteiger partial charge in [-0.15, -0.1) is 0 Å². The second-order valence-corrected chi connectivity index (χ2v) is 6.06. The lowest BCUT2D eigenvalue weighted by molar-refractivity contribution is 0.0485. The summed E-state index contributed by atoms with van der Waals surface area (Å²) in [5, 5.41) is 3.76. The number of ether oxygens (including phenoxy) is 1. The highest BCUT2D eigenvalue weighted by molar-refractivity contribution is 6.30. The molecule has 0 spiro atoms. The Balaban J connectivity index is 1.89. The standard InChI is InChI=1S/C15H19ClFNO/c16-13-3-1-2-12(14(13)17)15(6-8-19-9-7-15)10-18-11-4-5-11/h1-3,11,18H,4-10H2. The molecule has 1 aromatic rings. The molecule has 0 atom stereocenters.